The van der Waals surface area contributed by atoms with Crippen LogP contribution in [0.2, 0.25) is 0 Å². The fourth-order valence-corrected chi connectivity index (χ4v) is 3.38. The van der Waals surface area contributed by atoms with Crippen LogP contribution in [-0.2, 0) is 38.1 Å². The van der Waals surface area contributed by atoms with Crippen molar-refractivity contribution in [2.24, 2.45) is 0 Å². The lowest BCUT2D eigenvalue weighted by Crippen LogP contribution is -2.63. The van der Waals surface area contributed by atoms with Gasteiger partial charge in [-0.05, 0) is 38.5 Å². The maximum Gasteiger partial charge on any atom is 0.456 e. The third kappa shape index (κ3) is 6.40. The van der Waals surface area contributed by atoms with Crippen molar-refractivity contribution in [3.05, 3.63) is 0 Å². The van der Waals surface area contributed by atoms with Crippen LogP contribution < -0.4 is 0 Å². The van der Waals surface area contributed by atoms with Gasteiger partial charge < -0.3 is 29.2 Å². The van der Waals surface area contributed by atoms with Crippen molar-refractivity contribution in [3.8, 4) is 0 Å². The standard InChI is InChI=1S/C20H30O10/c1-2-7-14(21)12-13-19(27-15(22)8-3-4-9-16(23)28-19)20(26)29-17(24)10-5-6-11-18(25)30-20/h14,21,26H,2-13H2,1H3. The maximum absolute atomic E-state index is 12.4. The minimum Gasteiger partial charge on any atom is -0.412 e. The van der Waals surface area contributed by atoms with E-state index < -0.39 is 48.2 Å². The van der Waals surface area contributed by atoms with Gasteiger partial charge in [0.15, 0.2) is 0 Å². The zero-order valence-corrected chi connectivity index (χ0v) is 17.2. The molecule has 2 aliphatic rings. The van der Waals surface area contributed by atoms with E-state index in [0.29, 0.717) is 38.5 Å². The number of hydrogen-bond donors (Lipinski definition) is 2. The maximum atomic E-state index is 12.4. The molecule has 2 fully saturated rings. The van der Waals surface area contributed by atoms with Crippen molar-refractivity contribution < 1.29 is 48.3 Å². The normalized spacial score (nSPS) is 23.7. The average Bonchev–Trinajstić information content (AvgIpc) is 2.77. The minimum atomic E-state index is -3.17. The quantitative estimate of drug-likeness (QED) is 0.596. The number of hydrogen-bond acceptors (Lipinski definition) is 10. The molecule has 1 atom stereocenters. The van der Waals surface area contributed by atoms with Crippen LogP contribution >= 0.6 is 0 Å². The molecule has 0 aromatic rings. The van der Waals surface area contributed by atoms with E-state index in [2.05, 4.69) is 0 Å². The molecule has 0 aliphatic carbocycles. The Labute approximate surface area is 174 Å². The van der Waals surface area contributed by atoms with Crippen LogP contribution in [0.5, 0.6) is 0 Å². The number of esters is 4. The fourth-order valence-electron chi connectivity index (χ4n) is 3.38. The molecule has 0 radical (unpaired) electrons. The van der Waals surface area contributed by atoms with Crippen LogP contribution in [-0.4, -0.2) is 52.0 Å². The Kier molecular flexibility index (Phi) is 8.60. The SMILES string of the molecule is CCCC(O)CCC1(C2(O)OC(=O)CCCCC(=O)O2)OC(=O)CCCCC(=O)O1. The first-order chi connectivity index (χ1) is 14.2. The lowest BCUT2D eigenvalue weighted by molar-refractivity contribution is -0.444. The Balaban J connectivity index is 2.48. The van der Waals surface area contributed by atoms with Crippen molar-refractivity contribution >= 4 is 23.9 Å². The number of carbonyl (C=O) groups excluding carboxylic acids is 4. The van der Waals surface area contributed by atoms with E-state index in [9.17, 15) is 29.4 Å². The lowest BCUT2D eigenvalue weighted by atomic mass is 10.0. The molecular weight excluding hydrogens is 400 g/mol. The second kappa shape index (κ2) is 10.7. The van der Waals surface area contributed by atoms with Gasteiger partial charge in [-0.15, -0.1) is 0 Å². The Morgan fingerprint density at radius 1 is 0.767 bits per heavy atom. The second-order valence-electron chi connectivity index (χ2n) is 7.63. The van der Waals surface area contributed by atoms with Crippen LogP contribution in [0.3, 0.4) is 0 Å². The highest BCUT2D eigenvalue weighted by Crippen LogP contribution is 2.39. The van der Waals surface area contributed by atoms with Crippen LogP contribution in [0.25, 0.3) is 0 Å². The number of aliphatic hydroxyl groups is 2. The highest BCUT2D eigenvalue weighted by molar-refractivity contribution is 5.75. The predicted molar refractivity (Wildman–Crippen MR) is 99.1 cm³/mol. The highest BCUT2D eigenvalue weighted by Gasteiger charge is 2.65. The first-order valence-electron chi connectivity index (χ1n) is 10.5. The molecule has 2 saturated heterocycles. The van der Waals surface area contributed by atoms with Gasteiger partial charge in [-0.25, -0.2) is 0 Å². The fraction of sp³-hybridized carbons (Fsp3) is 0.800. The van der Waals surface area contributed by atoms with E-state index in [1.54, 1.807) is 0 Å². The van der Waals surface area contributed by atoms with Gasteiger partial charge in [-0.1, -0.05) is 13.3 Å². The number of carbonyl (C=O) groups is 4. The largest absolute Gasteiger partial charge is 0.456 e. The molecule has 10 nitrogen and oxygen atoms in total. The molecule has 1 unspecified atom stereocenters. The van der Waals surface area contributed by atoms with E-state index >= 15 is 0 Å². The Morgan fingerprint density at radius 2 is 1.17 bits per heavy atom. The smallest absolute Gasteiger partial charge is 0.412 e. The molecule has 0 saturated carbocycles. The Hall–Kier alpha value is -2.20. The summed E-state index contributed by atoms with van der Waals surface area (Å²) in [5.41, 5.74) is 0. The molecule has 2 N–H and O–H groups in total. The van der Waals surface area contributed by atoms with E-state index in [4.69, 9.17) is 18.9 Å². The summed E-state index contributed by atoms with van der Waals surface area (Å²) in [6.07, 6.45) is 0.626. The van der Waals surface area contributed by atoms with Crippen molar-refractivity contribution in [1.29, 1.82) is 0 Å². The number of aliphatic hydroxyl groups excluding tert-OH is 1. The zero-order valence-electron chi connectivity index (χ0n) is 17.2. The van der Waals surface area contributed by atoms with Crippen molar-refractivity contribution in [1.82, 2.24) is 0 Å². The van der Waals surface area contributed by atoms with Crippen LogP contribution in [0.15, 0.2) is 0 Å². The molecule has 2 heterocycles. The summed E-state index contributed by atoms with van der Waals surface area (Å²) < 4.78 is 20.7. The van der Waals surface area contributed by atoms with Crippen molar-refractivity contribution in [2.45, 2.75) is 102 Å². The topological polar surface area (TPSA) is 146 Å². The van der Waals surface area contributed by atoms with Gasteiger partial charge >= 0.3 is 35.6 Å². The summed E-state index contributed by atoms with van der Waals surface area (Å²) in [5.74, 6) is -9.27. The summed E-state index contributed by atoms with van der Waals surface area (Å²) >= 11 is 0. The molecule has 2 rings (SSSR count). The van der Waals surface area contributed by atoms with Gasteiger partial charge in [-0.2, -0.15) is 0 Å². The van der Waals surface area contributed by atoms with Crippen molar-refractivity contribution in [3.63, 3.8) is 0 Å². The minimum absolute atomic E-state index is 0.0755. The molecule has 0 spiro atoms. The third-order valence-corrected chi connectivity index (χ3v) is 5.00. The molecule has 170 valence electrons. The second-order valence-corrected chi connectivity index (χ2v) is 7.63. The first-order valence-corrected chi connectivity index (χ1v) is 10.5. The highest BCUT2D eigenvalue weighted by atomic mass is 16.9. The van der Waals surface area contributed by atoms with Crippen LogP contribution in [0.1, 0.15) is 84.0 Å². The molecule has 0 bridgehead atoms. The van der Waals surface area contributed by atoms with Gasteiger partial charge in [0, 0.05) is 32.1 Å². The molecular formula is C20H30O10. The molecule has 10 heteroatoms. The summed E-state index contributed by atoms with van der Waals surface area (Å²) in [5, 5.41) is 21.3. The molecule has 2 aliphatic heterocycles. The monoisotopic (exact) mass is 430 g/mol. The summed E-state index contributed by atoms with van der Waals surface area (Å²) in [4.78, 5) is 49.2. The van der Waals surface area contributed by atoms with Crippen LogP contribution in [0, 0.1) is 0 Å². The summed E-state index contributed by atoms with van der Waals surface area (Å²) in [6.45, 7) is 1.86. The van der Waals surface area contributed by atoms with E-state index in [0.717, 1.165) is 0 Å². The van der Waals surface area contributed by atoms with Gasteiger partial charge in [0.25, 0.3) is 0 Å². The average molecular weight is 430 g/mol. The molecule has 0 aromatic heterocycles. The van der Waals surface area contributed by atoms with Gasteiger partial charge in [0.2, 0.25) is 0 Å². The summed E-state index contributed by atoms with van der Waals surface area (Å²) in [7, 11) is 0. The number of cyclic esters (lactones) is 4. The van der Waals surface area contributed by atoms with E-state index in [1.807, 2.05) is 6.92 Å². The lowest BCUT2D eigenvalue weighted by Gasteiger charge is -2.41. The van der Waals surface area contributed by atoms with E-state index in [-0.39, 0.29) is 32.1 Å². The van der Waals surface area contributed by atoms with Gasteiger partial charge in [0.05, 0.1) is 6.10 Å². The van der Waals surface area contributed by atoms with Crippen LogP contribution in [0.4, 0.5) is 0 Å². The van der Waals surface area contributed by atoms with Gasteiger partial charge in [0.1, 0.15) is 0 Å². The molecule has 0 aromatic carbocycles. The third-order valence-electron chi connectivity index (χ3n) is 5.00. The van der Waals surface area contributed by atoms with E-state index in [1.165, 1.54) is 0 Å². The molecule has 0 amide bonds. The van der Waals surface area contributed by atoms with Crippen molar-refractivity contribution in [2.75, 3.05) is 0 Å². The predicted octanol–water partition coefficient (Wildman–Crippen LogP) is 1.59. The summed E-state index contributed by atoms with van der Waals surface area (Å²) in [6, 6.07) is 0. The first kappa shape index (κ1) is 24.1. The number of rotatable bonds is 6. The zero-order chi connectivity index (χ0) is 22.2. The van der Waals surface area contributed by atoms with Gasteiger partial charge in [-0.3, -0.25) is 19.2 Å². The number of ether oxygens (including phenoxy) is 4. The Bertz CT molecular complexity index is 603. The Morgan fingerprint density at radius 3 is 1.57 bits per heavy atom. The molecule has 30 heavy (non-hydrogen) atoms.